The van der Waals surface area contributed by atoms with Crippen molar-refractivity contribution in [3.8, 4) is 22.9 Å². The van der Waals surface area contributed by atoms with Gasteiger partial charge in [0, 0.05) is 12.6 Å². The van der Waals surface area contributed by atoms with Crippen LogP contribution >= 0.6 is 11.6 Å². The second kappa shape index (κ2) is 4.15. The minimum absolute atomic E-state index is 0.207. The molecule has 0 aliphatic heterocycles. The first-order valence-corrected chi connectivity index (χ1v) is 5.48. The summed E-state index contributed by atoms with van der Waals surface area (Å²) >= 11 is 6.22. The second-order valence-electron chi connectivity index (χ2n) is 3.86. The number of hydrogen-bond donors (Lipinski definition) is 1. The van der Waals surface area contributed by atoms with E-state index in [2.05, 4.69) is 6.07 Å². The summed E-state index contributed by atoms with van der Waals surface area (Å²) in [5.41, 5.74) is 3.14. The second-order valence-corrected chi connectivity index (χ2v) is 4.22. The van der Waals surface area contributed by atoms with Gasteiger partial charge in [0.1, 0.15) is 22.7 Å². The number of halogens is 1. The fourth-order valence-corrected chi connectivity index (χ4v) is 2.25. The molecule has 0 unspecified atom stereocenters. The van der Waals surface area contributed by atoms with Gasteiger partial charge in [-0.05, 0) is 30.2 Å². The van der Waals surface area contributed by atoms with Gasteiger partial charge in [-0.1, -0.05) is 23.7 Å². The lowest BCUT2D eigenvalue weighted by Gasteiger charge is -2.02. The van der Waals surface area contributed by atoms with Gasteiger partial charge in [-0.3, -0.25) is 0 Å². The summed E-state index contributed by atoms with van der Waals surface area (Å²) in [5, 5.41) is 18.8. The van der Waals surface area contributed by atoms with E-state index in [-0.39, 0.29) is 5.75 Å². The summed E-state index contributed by atoms with van der Waals surface area (Å²) in [4.78, 5) is 0. The minimum atomic E-state index is 0.207. The molecule has 3 nitrogen and oxygen atoms in total. The number of aromatic nitrogens is 1. The van der Waals surface area contributed by atoms with Crippen LogP contribution < -0.4 is 0 Å². The van der Waals surface area contributed by atoms with Gasteiger partial charge in [-0.2, -0.15) is 5.26 Å². The van der Waals surface area contributed by atoms with Crippen LogP contribution in [-0.2, 0) is 7.05 Å². The zero-order valence-corrected chi connectivity index (χ0v) is 10.3. The summed E-state index contributed by atoms with van der Waals surface area (Å²) in [5.74, 6) is 0.207. The van der Waals surface area contributed by atoms with Crippen molar-refractivity contribution >= 4 is 11.6 Å². The number of benzene rings is 1. The molecule has 0 bridgehead atoms. The van der Waals surface area contributed by atoms with Gasteiger partial charge < -0.3 is 9.67 Å². The number of nitrogens with zero attached hydrogens (tertiary/aromatic N) is 2. The summed E-state index contributed by atoms with van der Waals surface area (Å²) in [6.45, 7) is 1.87. The van der Waals surface area contributed by atoms with Crippen LogP contribution in [0.5, 0.6) is 5.75 Å². The minimum Gasteiger partial charge on any atom is -0.508 e. The lowest BCUT2D eigenvalue weighted by Crippen LogP contribution is -1.91. The molecular weight excluding hydrogens is 236 g/mol. The maximum Gasteiger partial charge on any atom is 0.124 e. The van der Waals surface area contributed by atoms with Crippen molar-refractivity contribution in [3.05, 3.63) is 40.7 Å². The van der Waals surface area contributed by atoms with Crippen molar-refractivity contribution in [3.63, 3.8) is 0 Å². The zero-order chi connectivity index (χ0) is 12.6. The Bertz CT molecular complexity index is 606. The first kappa shape index (κ1) is 11.6. The van der Waals surface area contributed by atoms with Gasteiger partial charge in [0.2, 0.25) is 0 Å². The molecule has 1 aromatic carbocycles. The lowest BCUT2D eigenvalue weighted by atomic mass is 10.0. The van der Waals surface area contributed by atoms with Crippen molar-refractivity contribution < 1.29 is 5.11 Å². The Hall–Kier alpha value is -1.92. The Balaban J connectivity index is 2.69. The van der Waals surface area contributed by atoms with E-state index in [9.17, 15) is 5.11 Å². The first-order valence-electron chi connectivity index (χ1n) is 5.10. The number of phenols is 1. The van der Waals surface area contributed by atoms with Gasteiger partial charge in [-0.15, -0.1) is 0 Å². The third-order valence-electron chi connectivity index (χ3n) is 2.83. The molecule has 1 N–H and O–H groups in total. The van der Waals surface area contributed by atoms with Gasteiger partial charge in [-0.25, -0.2) is 0 Å². The maximum absolute atomic E-state index is 9.26. The smallest absolute Gasteiger partial charge is 0.124 e. The molecule has 0 fully saturated rings. The normalized spacial score (nSPS) is 10.2. The van der Waals surface area contributed by atoms with E-state index in [1.807, 2.05) is 6.92 Å². The highest BCUT2D eigenvalue weighted by molar-refractivity contribution is 6.32. The SMILES string of the molecule is Cc1c(-c2ccc(O)cc2)c(Cl)n(C)c1C#N. The summed E-state index contributed by atoms with van der Waals surface area (Å²) in [6, 6.07) is 8.90. The molecular formula is C13H11ClN2O. The Kier molecular flexibility index (Phi) is 2.83. The van der Waals surface area contributed by atoms with Gasteiger partial charge >= 0.3 is 0 Å². The summed E-state index contributed by atoms with van der Waals surface area (Å²) in [6.07, 6.45) is 0. The van der Waals surface area contributed by atoms with Crippen LogP contribution in [0.25, 0.3) is 11.1 Å². The van der Waals surface area contributed by atoms with E-state index in [0.717, 1.165) is 16.7 Å². The Morgan fingerprint density at radius 1 is 1.29 bits per heavy atom. The first-order chi connectivity index (χ1) is 8.06. The van der Waals surface area contributed by atoms with E-state index in [0.29, 0.717) is 10.8 Å². The molecule has 4 heteroatoms. The topological polar surface area (TPSA) is 49.0 Å². The number of rotatable bonds is 1. The van der Waals surface area contributed by atoms with Gasteiger partial charge in [0.25, 0.3) is 0 Å². The average Bonchev–Trinajstić information content (AvgIpc) is 2.52. The Morgan fingerprint density at radius 2 is 1.88 bits per heavy atom. The van der Waals surface area contributed by atoms with Crippen molar-refractivity contribution in [2.45, 2.75) is 6.92 Å². The van der Waals surface area contributed by atoms with Crippen LogP contribution in [0.2, 0.25) is 5.15 Å². The molecule has 0 saturated heterocycles. The molecule has 0 aliphatic carbocycles. The Morgan fingerprint density at radius 3 is 2.35 bits per heavy atom. The monoisotopic (exact) mass is 246 g/mol. The van der Waals surface area contributed by atoms with Crippen LogP contribution in [0, 0.1) is 18.3 Å². The molecule has 1 aromatic heterocycles. The van der Waals surface area contributed by atoms with Crippen LogP contribution in [0.3, 0.4) is 0 Å². The third-order valence-corrected chi connectivity index (χ3v) is 3.27. The summed E-state index contributed by atoms with van der Waals surface area (Å²) in [7, 11) is 1.76. The molecule has 86 valence electrons. The number of phenolic OH excluding ortho intramolecular Hbond substituents is 1. The van der Waals surface area contributed by atoms with Crippen molar-refractivity contribution in [1.82, 2.24) is 4.57 Å². The van der Waals surface area contributed by atoms with E-state index < -0.39 is 0 Å². The predicted octanol–water partition coefficient (Wildman–Crippen LogP) is 3.23. The lowest BCUT2D eigenvalue weighted by molar-refractivity contribution is 0.475. The zero-order valence-electron chi connectivity index (χ0n) is 9.53. The van der Waals surface area contributed by atoms with E-state index in [1.54, 1.807) is 35.9 Å². The summed E-state index contributed by atoms with van der Waals surface area (Å²) < 4.78 is 1.67. The Labute approximate surface area is 104 Å². The number of nitriles is 1. The fraction of sp³-hybridized carbons (Fsp3) is 0.154. The van der Waals surface area contributed by atoms with Gasteiger partial charge in [0.05, 0.1) is 0 Å². The largest absolute Gasteiger partial charge is 0.508 e. The van der Waals surface area contributed by atoms with Crippen molar-refractivity contribution in [2.75, 3.05) is 0 Å². The van der Waals surface area contributed by atoms with Crippen molar-refractivity contribution in [2.24, 2.45) is 7.05 Å². The molecule has 17 heavy (non-hydrogen) atoms. The molecule has 2 aromatic rings. The molecule has 0 radical (unpaired) electrons. The third kappa shape index (κ3) is 1.77. The van der Waals surface area contributed by atoms with Crippen LogP contribution in [0.15, 0.2) is 24.3 Å². The van der Waals surface area contributed by atoms with E-state index >= 15 is 0 Å². The highest BCUT2D eigenvalue weighted by Crippen LogP contribution is 2.35. The van der Waals surface area contributed by atoms with E-state index in [4.69, 9.17) is 16.9 Å². The van der Waals surface area contributed by atoms with Crippen LogP contribution in [0.1, 0.15) is 11.3 Å². The average molecular weight is 247 g/mol. The maximum atomic E-state index is 9.26. The van der Waals surface area contributed by atoms with E-state index in [1.165, 1.54) is 0 Å². The van der Waals surface area contributed by atoms with Crippen LogP contribution in [-0.4, -0.2) is 9.67 Å². The quantitative estimate of drug-likeness (QED) is 0.840. The molecule has 1 heterocycles. The standard InChI is InChI=1S/C13H11ClN2O/c1-8-11(7-15)16(2)13(14)12(8)9-3-5-10(17)6-4-9/h3-6,17H,1-2H3. The molecule has 0 amide bonds. The molecule has 2 rings (SSSR count). The molecule has 0 spiro atoms. The predicted molar refractivity (Wildman–Crippen MR) is 67.0 cm³/mol. The highest BCUT2D eigenvalue weighted by atomic mass is 35.5. The van der Waals surface area contributed by atoms with Crippen LogP contribution in [0.4, 0.5) is 0 Å². The molecule has 0 atom stereocenters. The highest BCUT2D eigenvalue weighted by Gasteiger charge is 2.17. The molecule has 0 aliphatic rings. The van der Waals surface area contributed by atoms with Crippen molar-refractivity contribution in [1.29, 1.82) is 5.26 Å². The number of aromatic hydroxyl groups is 1. The molecule has 0 saturated carbocycles. The fourth-order valence-electron chi connectivity index (χ4n) is 1.91. The number of hydrogen-bond acceptors (Lipinski definition) is 2. The van der Waals surface area contributed by atoms with Gasteiger partial charge in [0.15, 0.2) is 0 Å².